The van der Waals surface area contributed by atoms with Crippen molar-refractivity contribution in [3.05, 3.63) is 35.4 Å². The van der Waals surface area contributed by atoms with Crippen LogP contribution in [0.25, 0.3) is 0 Å². The highest BCUT2D eigenvalue weighted by atomic mass is 16.5. The van der Waals surface area contributed by atoms with Gasteiger partial charge in [0.15, 0.2) is 0 Å². The molecule has 0 radical (unpaired) electrons. The lowest BCUT2D eigenvalue weighted by Gasteiger charge is -2.31. The molecule has 0 spiro atoms. The first kappa shape index (κ1) is 14.5. The smallest absolute Gasteiger partial charge is 0.225 e. The van der Waals surface area contributed by atoms with E-state index < -0.39 is 0 Å². The monoisotopic (exact) mass is 288 g/mol. The number of fused-ring (bicyclic) bond motifs is 1. The molecule has 2 aliphatic carbocycles. The second kappa shape index (κ2) is 6.16. The topological polar surface area (TPSA) is 55.6 Å². The number of aryl methyl sites for hydroxylation is 1. The summed E-state index contributed by atoms with van der Waals surface area (Å²) in [5.74, 6) is 0.191. The fourth-order valence-electron chi connectivity index (χ4n) is 3.37. The van der Waals surface area contributed by atoms with Gasteiger partial charge >= 0.3 is 0 Å². The summed E-state index contributed by atoms with van der Waals surface area (Å²) in [6, 6.07) is 9.18. The van der Waals surface area contributed by atoms with Crippen molar-refractivity contribution in [1.29, 1.82) is 0 Å². The number of carbonyl (C=O) groups excluding carboxylic acids is 1. The van der Waals surface area contributed by atoms with E-state index in [1.165, 1.54) is 11.1 Å². The van der Waals surface area contributed by atoms with Crippen LogP contribution in [0.2, 0.25) is 0 Å². The second-order valence-corrected chi connectivity index (χ2v) is 6.08. The van der Waals surface area contributed by atoms with E-state index in [1.807, 2.05) is 0 Å². The number of hydrogen-bond acceptors (Lipinski definition) is 3. The molecular formula is C17H24N2O2. The fraction of sp³-hybridized carbons (Fsp3) is 0.588. The molecular weight excluding hydrogens is 264 g/mol. The first-order valence-electron chi connectivity index (χ1n) is 7.86. The lowest BCUT2D eigenvalue weighted by Crippen LogP contribution is -2.39. The van der Waals surface area contributed by atoms with Gasteiger partial charge in [0.05, 0.1) is 18.6 Å². The first-order valence-corrected chi connectivity index (χ1v) is 7.86. The number of benzene rings is 1. The lowest BCUT2D eigenvalue weighted by molar-refractivity contribution is -0.136. The van der Waals surface area contributed by atoms with Crippen molar-refractivity contribution in [3.63, 3.8) is 0 Å². The average Bonchev–Trinajstić information content (AvgIpc) is 3.25. The van der Waals surface area contributed by atoms with Crippen LogP contribution in [0, 0.1) is 0 Å². The Hall–Kier alpha value is -1.39. The molecule has 4 nitrogen and oxygen atoms in total. The van der Waals surface area contributed by atoms with E-state index >= 15 is 0 Å². The van der Waals surface area contributed by atoms with Crippen molar-refractivity contribution < 1.29 is 9.53 Å². The van der Waals surface area contributed by atoms with Crippen LogP contribution < -0.4 is 5.73 Å². The van der Waals surface area contributed by atoms with Gasteiger partial charge in [0, 0.05) is 19.7 Å². The summed E-state index contributed by atoms with van der Waals surface area (Å²) in [5, 5.41) is 0. The van der Waals surface area contributed by atoms with Crippen LogP contribution in [-0.2, 0) is 16.0 Å². The van der Waals surface area contributed by atoms with Crippen molar-refractivity contribution in [2.45, 2.75) is 50.3 Å². The van der Waals surface area contributed by atoms with Crippen molar-refractivity contribution in [1.82, 2.24) is 4.90 Å². The van der Waals surface area contributed by atoms with Gasteiger partial charge in [0.1, 0.15) is 0 Å². The van der Waals surface area contributed by atoms with Crippen LogP contribution in [-0.4, -0.2) is 36.6 Å². The molecule has 0 saturated heterocycles. The number of nitrogens with zero attached hydrogens (tertiary/aromatic N) is 1. The summed E-state index contributed by atoms with van der Waals surface area (Å²) in [7, 11) is 1.62. The molecule has 0 heterocycles. The maximum atomic E-state index is 12.7. The molecule has 1 amide bonds. The van der Waals surface area contributed by atoms with Crippen LogP contribution in [0.5, 0.6) is 0 Å². The van der Waals surface area contributed by atoms with Crippen LogP contribution in [0.15, 0.2) is 24.3 Å². The highest BCUT2D eigenvalue weighted by Crippen LogP contribution is 2.42. The van der Waals surface area contributed by atoms with Crippen molar-refractivity contribution >= 4 is 5.91 Å². The largest absolute Gasteiger partial charge is 0.380 e. The van der Waals surface area contributed by atoms with Gasteiger partial charge < -0.3 is 15.4 Å². The van der Waals surface area contributed by atoms with Crippen molar-refractivity contribution in [3.8, 4) is 0 Å². The van der Waals surface area contributed by atoms with E-state index in [4.69, 9.17) is 10.5 Å². The molecule has 3 rings (SSSR count). The van der Waals surface area contributed by atoms with Crippen LogP contribution in [0.1, 0.15) is 42.9 Å². The molecule has 21 heavy (non-hydrogen) atoms. The third-order valence-electron chi connectivity index (χ3n) is 4.66. The predicted octanol–water partition coefficient (Wildman–Crippen LogP) is 2.03. The Morgan fingerprint density at radius 2 is 2.14 bits per heavy atom. The second-order valence-electron chi connectivity index (χ2n) is 6.08. The molecule has 4 heteroatoms. The fourth-order valence-corrected chi connectivity index (χ4v) is 3.37. The molecule has 2 atom stereocenters. The number of carbonyl (C=O) groups is 1. The zero-order valence-corrected chi connectivity index (χ0v) is 12.6. The van der Waals surface area contributed by atoms with Crippen LogP contribution in [0.3, 0.4) is 0 Å². The number of ether oxygens (including phenoxy) is 1. The van der Waals surface area contributed by atoms with Gasteiger partial charge in [-0.25, -0.2) is 0 Å². The number of nitrogens with two attached hydrogens (primary N) is 1. The molecule has 2 unspecified atom stereocenters. The minimum absolute atomic E-state index is 0.171. The Morgan fingerprint density at radius 3 is 2.81 bits per heavy atom. The van der Waals surface area contributed by atoms with Gasteiger partial charge in [-0.1, -0.05) is 24.3 Å². The number of rotatable bonds is 6. The minimum Gasteiger partial charge on any atom is -0.380 e. The lowest BCUT2D eigenvalue weighted by atomic mass is 10.1. The molecule has 1 aromatic carbocycles. The molecule has 1 aromatic rings. The zero-order chi connectivity index (χ0) is 14.8. The normalized spacial score (nSPS) is 21.9. The number of amides is 1. The maximum Gasteiger partial charge on any atom is 0.225 e. The molecule has 1 fully saturated rings. The summed E-state index contributed by atoms with van der Waals surface area (Å²) in [6.07, 6.45) is 4.59. The molecule has 2 aliphatic rings. The minimum atomic E-state index is -0.171. The quantitative estimate of drug-likeness (QED) is 0.871. The molecule has 0 aromatic heterocycles. The first-order chi connectivity index (χ1) is 10.2. The van der Waals surface area contributed by atoms with Gasteiger partial charge in [-0.05, 0) is 36.8 Å². The van der Waals surface area contributed by atoms with E-state index in [-0.39, 0.29) is 18.1 Å². The number of hydrogen-bond donors (Lipinski definition) is 1. The summed E-state index contributed by atoms with van der Waals surface area (Å²) >= 11 is 0. The summed E-state index contributed by atoms with van der Waals surface area (Å²) in [4.78, 5) is 14.9. The zero-order valence-electron chi connectivity index (χ0n) is 12.6. The Labute approximate surface area is 126 Å². The van der Waals surface area contributed by atoms with Gasteiger partial charge in [-0.2, -0.15) is 0 Å². The van der Waals surface area contributed by atoms with E-state index in [0.29, 0.717) is 19.0 Å². The Balaban J connectivity index is 1.78. The Morgan fingerprint density at radius 1 is 1.38 bits per heavy atom. The highest BCUT2D eigenvalue weighted by molar-refractivity contribution is 5.78. The van der Waals surface area contributed by atoms with Gasteiger partial charge in [-0.15, -0.1) is 0 Å². The van der Waals surface area contributed by atoms with E-state index in [0.717, 1.165) is 25.7 Å². The van der Waals surface area contributed by atoms with Gasteiger partial charge in [-0.3, -0.25) is 4.79 Å². The standard InChI is InChI=1S/C17H24N2O2/c1-21-14(11-18)10-17(20)19(13-7-8-13)16-9-6-12-4-2-3-5-15(12)16/h2-5,13-14,16H,6-11,18H2,1H3. The molecule has 2 N–H and O–H groups in total. The molecule has 114 valence electrons. The van der Waals surface area contributed by atoms with Crippen molar-refractivity contribution in [2.75, 3.05) is 13.7 Å². The molecule has 1 saturated carbocycles. The third kappa shape index (κ3) is 2.97. The van der Waals surface area contributed by atoms with E-state index in [1.54, 1.807) is 7.11 Å². The SMILES string of the molecule is COC(CN)CC(=O)N(C1CC1)C1CCc2ccccc21. The summed E-state index contributed by atoms with van der Waals surface area (Å²) < 4.78 is 5.28. The van der Waals surface area contributed by atoms with Crippen LogP contribution in [0.4, 0.5) is 0 Å². The Kier molecular flexibility index (Phi) is 4.27. The number of methoxy groups -OCH3 is 1. The molecule has 0 aliphatic heterocycles. The van der Waals surface area contributed by atoms with Crippen molar-refractivity contribution in [2.24, 2.45) is 5.73 Å². The maximum absolute atomic E-state index is 12.7. The highest BCUT2D eigenvalue weighted by Gasteiger charge is 2.40. The van der Waals surface area contributed by atoms with Gasteiger partial charge in [0.25, 0.3) is 0 Å². The average molecular weight is 288 g/mol. The summed E-state index contributed by atoms with van der Waals surface area (Å²) in [6.45, 7) is 0.391. The van der Waals surface area contributed by atoms with Crippen LogP contribution >= 0.6 is 0 Å². The Bertz CT molecular complexity index is 509. The predicted molar refractivity (Wildman–Crippen MR) is 81.8 cm³/mol. The third-order valence-corrected chi connectivity index (χ3v) is 4.66. The van der Waals surface area contributed by atoms with E-state index in [9.17, 15) is 4.79 Å². The van der Waals surface area contributed by atoms with Gasteiger partial charge in [0.2, 0.25) is 5.91 Å². The van der Waals surface area contributed by atoms with E-state index in [2.05, 4.69) is 29.2 Å². The summed E-state index contributed by atoms with van der Waals surface area (Å²) in [5.41, 5.74) is 8.38. The molecule has 0 bridgehead atoms.